The molecule has 4 rings (SSSR count). The van der Waals surface area contributed by atoms with Gasteiger partial charge in [0.05, 0.1) is 13.2 Å². The average Bonchev–Trinajstić information content (AvgIpc) is 3.12. The number of ether oxygens (including phenoxy) is 1. The van der Waals surface area contributed by atoms with E-state index in [0.29, 0.717) is 12.2 Å². The number of benzene rings is 2. The largest absolute Gasteiger partial charge is 0.379 e. The van der Waals surface area contributed by atoms with Crippen LogP contribution in [0.15, 0.2) is 54.6 Å². The molecule has 0 spiro atoms. The number of carbonyl (C=O) groups is 1. The summed E-state index contributed by atoms with van der Waals surface area (Å²) in [5, 5.41) is 4.03. The summed E-state index contributed by atoms with van der Waals surface area (Å²) >= 11 is 0. The van der Waals surface area contributed by atoms with Crippen molar-refractivity contribution in [2.45, 2.75) is 13.1 Å². The summed E-state index contributed by atoms with van der Waals surface area (Å²) in [6.07, 6.45) is 0. The molecule has 134 valence electrons. The minimum absolute atomic E-state index is 0.0846. The molecule has 0 atom stereocenters. The predicted molar refractivity (Wildman–Crippen MR) is 102 cm³/mol. The van der Waals surface area contributed by atoms with Gasteiger partial charge in [-0.1, -0.05) is 42.5 Å². The Morgan fingerprint density at radius 1 is 1.04 bits per heavy atom. The number of rotatable bonds is 5. The van der Waals surface area contributed by atoms with Crippen molar-refractivity contribution in [3.63, 3.8) is 0 Å². The van der Waals surface area contributed by atoms with Gasteiger partial charge in [0.2, 0.25) is 0 Å². The van der Waals surface area contributed by atoms with Crippen LogP contribution in [0, 0.1) is 0 Å². The van der Waals surface area contributed by atoms with E-state index in [-0.39, 0.29) is 5.91 Å². The fourth-order valence-corrected chi connectivity index (χ4v) is 3.25. The Balaban J connectivity index is 1.33. The molecule has 2 aromatic carbocycles. The zero-order chi connectivity index (χ0) is 17.8. The minimum Gasteiger partial charge on any atom is -0.379 e. The number of hydrogen-bond donors (Lipinski definition) is 2. The summed E-state index contributed by atoms with van der Waals surface area (Å²) in [6, 6.07) is 18.2. The SMILES string of the molecule is O=C(NCc1ccc(CN2CCOCC2)cc1)c1cc2ccccc2[nH]1. The molecule has 1 aliphatic heterocycles. The molecular formula is C21H23N3O2. The number of amides is 1. The second-order valence-electron chi connectivity index (χ2n) is 6.66. The van der Waals surface area contributed by atoms with Gasteiger partial charge in [0.1, 0.15) is 5.69 Å². The van der Waals surface area contributed by atoms with E-state index in [1.54, 1.807) is 0 Å². The number of hydrogen-bond acceptors (Lipinski definition) is 3. The van der Waals surface area contributed by atoms with Gasteiger partial charge in [-0.2, -0.15) is 0 Å². The van der Waals surface area contributed by atoms with Crippen molar-refractivity contribution in [2.24, 2.45) is 0 Å². The van der Waals surface area contributed by atoms with Crippen molar-refractivity contribution < 1.29 is 9.53 Å². The average molecular weight is 349 g/mol. The topological polar surface area (TPSA) is 57.4 Å². The number of aromatic amines is 1. The smallest absolute Gasteiger partial charge is 0.267 e. The van der Waals surface area contributed by atoms with Crippen LogP contribution in [0.3, 0.4) is 0 Å². The molecule has 5 heteroatoms. The van der Waals surface area contributed by atoms with E-state index < -0.39 is 0 Å². The van der Waals surface area contributed by atoms with Gasteiger partial charge in [0.25, 0.3) is 5.91 Å². The fraction of sp³-hybridized carbons (Fsp3) is 0.286. The van der Waals surface area contributed by atoms with Crippen molar-refractivity contribution in [1.82, 2.24) is 15.2 Å². The third-order valence-corrected chi connectivity index (χ3v) is 4.76. The highest BCUT2D eigenvalue weighted by atomic mass is 16.5. The molecule has 1 amide bonds. The maximum absolute atomic E-state index is 12.4. The monoisotopic (exact) mass is 349 g/mol. The number of nitrogens with one attached hydrogen (secondary N) is 2. The Morgan fingerprint density at radius 2 is 1.77 bits per heavy atom. The van der Waals surface area contributed by atoms with Crippen LogP contribution < -0.4 is 5.32 Å². The van der Waals surface area contributed by atoms with Crippen LogP contribution in [-0.2, 0) is 17.8 Å². The van der Waals surface area contributed by atoms with Crippen molar-refractivity contribution in [3.8, 4) is 0 Å². The van der Waals surface area contributed by atoms with E-state index in [2.05, 4.69) is 39.5 Å². The van der Waals surface area contributed by atoms with Gasteiger partial charge in [-0.25, -0.2) is 0 Å². The van der Waals surface area contributed by atoms with Gasteiger partial charge in [-0.15, -0.1) is 0 Å². The first kappa shape index (κ1) is 16.8. The minimum atomic E-state index is -0.0846. The predicted octanol–water partition coefficient (Wildman–Crippen LogP) is 2.93. The summed E-state index contributed by atoms with van der Waals surface area (Å²) in [5.74, 6) is -0.0846. The van der Waals surface area contributed by atoms with E-state index in [0.717, 1.165) is 49.3 Å². The van der Waals surface area contributed by atoms with Gasteiger partial charge >= 0.3 is 0 Å². The van der Waals surface area contributed by atoms with E-state index in [1.165, 1.54) is 5.56 Å². The Labute approximate surface area is 153 Å². The van der Waals surface area contributed by atoms with Crippen LogP contribution in [0.25, 0.3) is 10.9 Å². The Bertz CT molecular complexity index is 847. The highest BCUT2D eigenvalue weighted by Crippen LogP contribution is 2.15. The van der Waals surface area contributed by atoms with Gasteiger partial charge < -0.3 is 15.0 Å². The second-order valence-corrected chi connectivity index (χ2v) is 6.66. The van der Waals surface area contributed by atoms with Crippen LogP contribution in [0.1, 0.15) is 21.6 Å². The number of carbonyl (C=O) groups excluding carboxylic acids is 1. The van der Waals surface area contributed by atoms with Gasteiger partial charge in [0, 0.05) is 37.1 Å². The second kappa shape index (κ2) is 7.72. The number of nitrogens with zero attached hydrogens (tertiary/aromatic N) is 1. The lowest BCUT2D eigenvalue weighted by Gasteiger charge is -2.26. The first-order valence-corrected chi connectivity index (χ1v) is 9.02. The number of fused-ring (bicyclic) bond motifs is 1. The highest BCUT2D eigenvalue weighted by molar-refractivity contribution is 5.97. The standard InChI is InChI=1S/C21H23N3O2/c25-21(20-13-18-3-1-2-4-19(18)23-20)22-14-16-5-7-17(8-6-16)15-24-9-11-26-12-10-24/h1-8,13,23H,9-12,14-15H2,(H,22,25). The van der Waals surface area contributed by atoms with Crippen LogP contribution in [0.2, 0.25) is 0 Å². The molecule has 1 aromatic heterocycles. The molecule has 0 saturated carbocycles. The van der Waals surface area contributed by atoms with Gasteiger partial charge in [0.15, 0.2) is 0 Å². The molecule has 0 unspecified atom stereocenters. The molecule has 2 heterocycles. The summed E-state index contributed by atoms with van der Waals surface area (Å²) < 4.78 is 5.38. The van der Waals surface area contributed by atoms with Crippen molar-refractivity contribution in [2.75, 3.05) is 26.3 Å². The summed E-state index contributed by atoms with van der Waals surface area (Å²) in [4.78, 5) is 17.9. The molecule has 2 N–H and O–H groups in total. The molecule has 0 bridgehead atoms. The first-order valence-electron chi connectivity index (χ1n) is 9.02. The molecule has 0 aliphatic carbocycles. The normalized spacial score (nSPS) is 15.2. The Hall–Kier alpha value is -2.63. The molecule has 3 aromatic rings. The van der Waals surface area contributed by atoms with Crippen LogP contribution in [-0.4, -0.2) is 42.1 Å². The summed E-state index contributed by atoms with van der Waals surface area (Å²) in [5.41, 5.74) is 3.96. The van der Waals surface area contributed by atoms with Crippen LogP contribution in [0.4, 0.5) is 0 Å². The third kappa shape index (κ3) is 3.95. The Morgan fingerprint density at radius 3 is 2.54 bits per heavy atom. The summed E-state index contributed by atoms with van der Waals surface area (Å²) in [7, 11) is 0. The van der Waals surface area contributed by atoms with Crippen molar-refractivity contribution >= 4 is 16.8 Å². The van der Waals surface area contributed by atoms with Crippen LogP contribution >= 0.6 is 0 Å². The quantitative estimate of drug-likeness (QED) is 0.745. The number of aromatic nitrogens is 1. The Kier molecular flexibility index (Phi) is 5.00. The van der Waals surface area contributed by atoms with E-state index in [9.17, 15) is 4.79 Å². The number of H-pyrrole nitrogens is 1. The lowest BCUT2D eigenvalue weighted by atomic mass is 10.1. The van der Waals surface area contributed by atoms with Gasteiger partial charge in [-0.05, 0) is 23.3 Å². The number of para-hydroxylation sites is 1. The first-order chi connectivity index (χ1) is 12.8. The lowest BCUT2D eigenvalue weighted by Crippen LogP contribution is -2.35. The number of morpholine rings is 1. The third-order valence-electron chi connectivity index (χ3n) is 4.76. The zero-order valence-electron chi connectivity index (χ0n) is 14.7. The maximum atomic E-state index is 12.4. The molecule has 26 heavy (non-hydrogen) atoms. The van der Waals surface area contributed by atoms with E-state index in [1.807, 2.05) is 30.3 Å². The molecule has 1 saturated heterocycles. The molecule has 1 aliphatic rings. The summed E-state index contributed by atoms with van der Waals surface area (Å²) in [6.45, 7) is 5.08. The van der Waals surface area contributed by atoms with Crippen molar-refractivity contribution in [3.05, 3.63) is 71.4 Å². The molecule has 5 nitrogen and oxygen atoms in total. The highest BCUT2D eigenvalue weighted by Gasteiger charge is 2.11. The van der Waals surface area contributed by atoms with Crippen LogP contribution in [0.5, 0.6) is 0 Å². The molecule has 0 radical (unpaired) electrons. The zero-order valence-corrected chi connectivity index (χ0v) is 14.7. The van der Waals surface area contributed by atoms with Gasteiger partial charge in [-0.3, -0.25) is 9.69 Å². The molecule has 1 fully saturated rings. The molecular weight excluding hydrogens is 326 g/mol. The van der Waals surface area contributed by atoms with Crippen molar-refractivity contribution in [1.29, 1.82) is 0 Å². The fourth-order valence-electron chi connectivity index (χ4n) is 3.25. The van der Waals surface area contributed by atoms with E-state index in [4.69, 9.17) is 4.74 Å². The van der Waals surface area contributed by atoms with E-state index >= 15 is 0 Å². The maximum Gasteiger partial charge on any atom is 0.267 e. The lowest BCUT2D eigenvalue weighted by molar-refractivity contribution is 0.0342.